The van der Waals surface area contributed by atoms with Crippen molar-refractivity contribution < 1.29 is 13.9 Å². The van der Waals surface area contributed by atoms with Gasteiger partial charge in [-0.2, -0.15) is 0 Å². The van der Waals surface area contributed by atoms with E-state index in [-0.39, 0.29) is 5.76 Å². The molecule has 0 amide bonds. The van der Waals surface area contributed by atoms with Gasteiger partial charge in [0.25, 0.3) is 0 Å². The van der Waals surface area contributed by atoms with Gasteiger partial charge in [-0.3, -0.25) is 0 Å². The minimum absolute atomic E-state index is 0.109. The number of hydrogen-bond acceptors (Lipinski definition) is 3. The van der Waals surface area contributed by atoms with Crippen LogP contribution in [0, 0.1) is 6.07 Å². The summed E-state index contributed by atoms with van der Waals surface area (Å²) in [4.78, 5) is 10.5. The Morgan fingerprint density at radius 1 is 1.89 bits per heavy atom. The fourth-order valence-corrected chi connectivity index (χ4v) is 0.446. The highest BCUT2D eigenvalue weighted by Crippen LogP contribution is 1.99. The third kappa shape index (κ3) is 1.10. The second kappa shape index (κ2) is 2.35. The molecule has 3 heteroatoms. The van der Waals surface area contributed by atoms with Gasteiger partial charge in [0.05, 0.1) is 13.4 Å². The molecule has 9 heavy (non-hydrogen) atoms. The fourth-order valence-electron chi connectivity index (χ4n) is 0.446. The molecule has 0 spiro atoms. The Labute approximate surface area is 52.2 Å². The summed E-state index contributed by atoms with van der Waals surface area (Å²) in [5, 5.41) is 0. The summed E-state index contributed by atoms with van der Waals surface area (Å²) < 4.78 is 8.99. The van der Waals surface area contributed by atoms with Crippen LogP contribution in [-0.2, 0) is 4.74 Å². The molecule has 1 heterocycles. The first-order valence-corrected chi connectivity index (χ1v) is 2.38. The number of esters is 1. The van der Waals surface area contributed by atoms with Gasteiger partial charge < -0.3 is 9.15 Å². The summed E-state index contributed by atoms with van der Waals surface area (Å²) >= 11 is 0. The van der Waals surface area contributed by atoms with Gasteiger partial charge >= 0.3 is 5.97 Å². The molecule has 0 bridgehead atoms. The van der Waals surface area contributed by atoms with Crippen LogP contribution in [0.25, 0.3) is 0 Å². The molecule has 0 fully saturated rings. The van der Waals surface area contributed by atoms with Crippen LogP contribution < -0.4 is 0 Å². The first kappa shape index (κ1) is 5.88. The molecule has 0 saturated carbocycles. The highest BCUT2D eigenvalue weighted by atomic mass is 16.5. The lowest BCUT2D eigenvalue weighted by molar-refractivity contribution is 0.0564. The maximum absolute atomic E-state index is 10.5. The van der Waals surface area contributed by atoms with Crippen molar-refractivity contribution in [3.63, 3.8) is 0 Å². The summed E-state index contributed by atoms with van der Waals surface area (Å²) in [6.45, 7) is 0. The lowest BCUT2D eigenvalue weighted by atomic mass is 10.5. The fraction of sp³-hybridized carbons (Fsp3) is 0.167. The molecule has 1 radical (unpaired) electrons. The van der Waals surface area contributed by atoms with Gasteiger partial charge in [-0.1, -0.05) is 0 Å². The Morgan fingerprint density at radius 3 is 3.11 bits per heavy atom. The first-order chi connectivity index (χ1) is 4.34. The summed E-state index contributed by atoms with van der Waals surface area (Å²) in [6.07, 6.45) is 1.37. The van der Waals surface area contributed by atoms with Crippen molar-refractivity contribution in [1.82, 2.24) is 0 Å². The molecule has 1 aromatic rings. The van der Waals surface area contributed by atoms with Gasteiger partial charge in [-0.05, 0) is 6.07 Å². The number of methoxy groups -OCH3 is 1. The smallest absolute Gasteiger partial charge is 0.374 e. The SMILES string of the molecule is COC(=O)c1[c]cco1. The quantitative estimate of drug-likeness (QED) is 0.522. The zero-order valence-corrected chi connectivity index (χ0v) is 4.88. The van der Waals surface area contributed by atoms with E-state index in [1.54, 1.807) is 0 Å². The van der Waals surface area contributed by atoms with E-state index < -0.39 is 5.97 Å². The van der Waals surface area contributed by atoms with Crippen LogP contribution in [0.3, 0.4) is 0 Å². The lowest BCUT2D eigenvalue weighted by Gasteiger charge is -1.89. The number of hydrogen-bond donors (Lipinski definition) is 0. The summed E-state index contributed by atoms with van der Waals surface area (Å²) in [6, 6.07) is 4.05. The third-order valence-corrected chi connectivity index (χ3v) is 0.839. The molecule has 0 unspecified atom stereocenters. The van der Waals surface area contributed by atoms with E-state index in [4.69, 9.17) is 0 Å². The Bertz CT molecular complexity index is 188. The molecule has 0 N–H and O–H groups in total. The average Bonchev–Trinajstić information content (AvgIpc) is 2.37. The molecule has 0 aromatic carbocycles. The summed E-state index contributed by atoms with van der Waals surface area (Å²) in [7, 11) is 1.29. The van der Waals surface area contributed by atoms with Gasteiger partial charge in [0.15, 0.2) is 0 Å². The van der Waals surface area contributed by atoms with E-state index in [1.807, 2.05) is 0 Å². The van der Waals surface area contributed by atoms with Crippen molar-refractivity contribution in [3.05, 3.63) is 24.2 Å². The highest BCUT2D eigenvalue weighted by molar-refractivity contribution is 5.85. The van der Waals surface area contributed by atoms with E-state index in [0.29, 0.717) is 0 Å². The molecule has 0 atom stereocenters. The predicted molar refractivity (Wildman–Crippen MR) is 28.9 cm³/mol. The second-order valence-electron chi connectivity index (χ2n) is 1.39. The predicted octanol–water partition coefficient (Wildman–Crippen LogP) is 0.866. The Kier molecular flexibility index (Phi) is 1.53. The minimum atomic E-state index is -0.500. The molecule has 1 rings (SSSR count). The Morgan fingerprint density at radius 2 is 2.67 bits per heavy atom. The third-order valence-electron chi connectivity index (χ3n) is 0.839. The van der Waals surface area contributed by atoms with Crippen molar-refractivity contribution >= 4 is 5.97 Å². The lowest BCUT2D eigenvalue weighted by Crippen LogP contribution is -1.98. The molecule has 0 aliphatic carbocycles. The summed E-state index contributed by atoms with van der Waals surface area (Å²) in [5.41, 5.74) is 0. The molecule has 0 aliphatic heterocycles. The van der Waals surface area contributed by atoms with E-state index in [2.05, 4.69) is 15.2 Å². The van der Waals surface area contributed by atoms with Crippen LogP contribution in [0.5, 0.6) is 0 Å². The van der Waals surface area contributed by atoms with Crippen LogP contribution in [0.15, 0.2) is 16.7 Å². The van der Waals surface area contributed by atoms with E-state index >= 15 is 0 Å². The highest BCUT2D eigenvalue weighted by Gasteiger charge is 2.06. The zero-order valence-electron chi connectivity index (χ0n) is 4.88. The van der Waals surface area contributed by atoms with Gasteiger partial charge in [-0.15, -0.1) is 0 Å². The van der Waals surface area contributed by atoms with Crippen molar-refractivity contribution in [2.45, 2.75) is 0 Å². The molecular weight excluding hydrogens is 120 g/mol. The van der Waals surface area contributed by atoms with Gasteiger partial charge in [-0.25, -0.2) is 4.79 Å². The Balaban J connectivity index is 2.77. The number of carbonyl (C=O) groups is 1. The minimum Gasteiger partial charge on any atom is -0.463 e. The Hall–Kier alpha value is -1.25. The standard InChI is InChI=1S/C6H5O3/c1-8-6(7)5-3-2-4-9-5/h2,4H,1H3. The average molecular weight is 125 g/mol. The zero-order chi connectivity index (χ0) is 6.69. The maximum Gasteiger partial charge on any atom is 0.374 e. The van der Waals surface area contributed by atoms with Crippen LogP contribution in [0.4, 0.5) is 0 Å². The van der Waals surface area contributed by atoms with E-state index in [9.17, 15) is 4.79 Å². The summed E-state index contributed by atoms with van der Waals surface area (Å²) in [5.74, 6) is -0.391. The topological polar surface area (TPSA) is 39.4 Å². The number of rotatable bonds is 1. The monoisotopic (exact) mass is 125 g/mol. The first-order valence-electron chi connectivity index (χ1n) is 2.38. The molecular formula is C6H5O3. The van der Waals surface area contributed by atoms with Crippen LogP contribution in [-0.4, -0.2) is 13.1 Å². The van der Waals surface area contributed by atoms with E-state index in [1.165, 1.54) is 19.4 Å². The largest absolute Gasteiger partial charge is 0.463 e. The number of ether oxygens (including phenoxy) is 1. The molecule has 0 aliphatic rings. The maximum atomic E-state index is 10.5. The van der Waals surface area contributed by atoms with E-state index in [0.717, 1.165) is 0 Å². The number of carbonyl (C=O) groups excluding carboxylic acids is 1. The molecule has 3 nitrogen and oxygen atoms in total. The van der Waals surface area contributed by atoms with Crippen LogP contribution in [0.1, 0.15) is 10.6 Å². The molecule has 47 valence electrons. The number of furan rings is 1. The van der Waals surface area contributed by atoms with Crippen molar-refractivity contribution in [1.29, 1.82) is 0 Å². The van der Waals surface area contributed by atoms with Gasteiger partial charge in [0.1, 0.15) is 0 Å². The van der Waals surface area contributed by atoms with Crippen molar-refractivity contribution in [2.24, 2.45) is 0 Å². The van der Waals surface area contributed by atoms with Crippen molar-refractivity contribution in [2.75, 3.05) is 7.11 Å². The molecule has 1 aromatic heterocycles. The van der Waals surface area contributed by atoms with Crippen molar-refractivity contribution in [3.8, 4) is 0 Å². The van der Waals surface area contributed by atoms with Gasteiger partial charge in [0.2, 0.25) is 5.76 Å². The molecule has 0 saturated heterocycles. The van der Waals surface area contributed by atoms with Crippen LogP contribution in [0.2, 0.25) is 0 Å². The van der Waals surface area contributed by atoms with Crippen LogP contribution >= 0.6 is 0 Å². The normalized spacial score (nSPS) is 9.00. The second-order valence-corrected chi connectivity index (χ2v) is 1.39. The van der Waals surface area contributed by atoms with Gasteiger partial charge in [0, 0.05) is 6.07 Å².